The lowest BCUT2D eigenvalue weighted by Gasteiger charge is -2.28. The number of aromatic nitrogens is 1. The van der Waals surface area contributed by atoms with Crippen LogP contribution in [0.25, 0.3) is 10.9 Å². The highest BCUT2D eigenvalue weighted by Crippen LogP contribution is 2.19. The normalized spacial score (nSPS) is 14.7. The molecule has 18 heteroatoms. The molecule has 2 aromatic carbocycles. The van der Waals surface area contributed by atoms with Crippen LogP contribution in [0.2, 0.25) is 0 Å². The Bertz CT molecular complexity index is 2000. The third-order valence-corrected chi connectivity index (χ3v) is 10.2. The molecular formula is C43H60N8O10. The van der Waals surface area contributed by atoms with Crippen molar-refractivity contribution < 1.29 is 48.6 Å². The molecule has 6 amide bonds. The molecule has 0 spiro atoms. The van der Waals surface area contributed by atoms with Gasteiger partial charge in [-0.15, -0.1) is 0 Å². The van der Waals surface area contributed by atoms with Crippen molar-refractivity contribution in [3.05, 3.63) is 71.9 Å². The molecule has 0 bridgehead atoms. The third-order valence-electron chi connectivity index (χ3n) is 10.2. The van der Waals surface area contributed by atoms with Gasteiger partial charge in [-0.1, -0.05) is 96.5 Å². The molecule has 1 aromatic heterocycles. The molecule has 0 aliphatic heterocycles. The zero-order chi connectivity index (χ0) is 45.4. The number of aromatic amines is 1. The highest BCUT2D eigenvalue weighted by molar-refractivity contribution is 5.97. The Balaban J connectivity index is 1.65. The molecule has 7 unspecified atom stereocenters. The van der Waals surface area contributed by atoms with Crippen LogP contribution in [-0.4, -0.2) is 105 Å². The fourth-order valence-corrected chi connectivity index (χ4v) is 6.58. The largest absolute Gasteiger partial charge is 0.481 e. The van der Waals surface area contributed by atoms with Gasteiger partial charge in [-0.3, -0.25) is 33.6 Å². The van der Waals surface area contributed by atoms with Gasteiger partial charge >= 0.3 is 11.9 Å². The zero-order valence-electron chi connectivity index (χ0n) is 35.5. The number of rotatable bonds is 24. The number of nitrogens with two attached hydrogens (primary N) is 1. The quantitative estimate of drug-likeness (QED) is 0.0610. The number of hydrogen-bond donors (Lipinski definition) is 10. The summed E-state index contributed by atoms with van der Waals surface area (Å²) >= 11 is 0. The second-order valence-corrected chi connectivity index (χ2v) is 16.0. The smallest absolute Gasteiger partial charge is 0.326 e. The van der Waals surface area contributed by atoms with Gasteiger partial charge in [0.1, 0.15) is 30.2 Å². The Morgan fingerprint density at radius 2 is 1.28 bits per heavy atom. The maximum atomic E-state index is 13.7. The Morgan fingerprint density at radius 1 is 0.672 bits per heavy atom. The molecule has 18 nitrogen and oxygen atoms in total. The van der Waals surface area contributed by atoms with Gasteiger partial charge in [0.25, 0.3) is 0 Å². The second-order valence-electron chi connectivity index (χ2n) is 16.0. The van der Waals surface area contributed by atoms with Crippen LogP contribution < -0.4 is 37.6 Å². The molecular weight excluding hydrogens is 789 g/mol. The van der Waals surface area contributed by atoms with E-state index in [-0.39, 0.29) is 31.1 Å². The molecule has 7 atom stereocenters. The number of para-hydroxylation sites is 1. The lowest BCUT2D eigenvalue weighted by Crippen LogP contribution is -2.59. The van der Waals surface area contributed by atoms with E-state index in [1.165, 1.54) is 0 Å². The molecule has 3 rings (SSSR count). The SMILES string of the molecule is CCC(C)C(NC(=O)C(N)Cc1c[nH]c2ccccc12)C(=O)NC(CC(C)C)C(=O)NCC(=O)NC(CC(=O)O)C(=O)NC(C(=O)NC(Cc1ccccc1)C(=O)O)C(C)C. The Morgan fingerprint density at radius 3 is 1.89 bits per heavy atom. The van der Waals surface area contributed by atoms with Crippen LogP contribution in [0.5, 0.6) is 0 Å². The van der Waals surface area contributed by atoms with Crippen LogP contribution in [0.1, 0.15) is 71.9 Å². The Labute approximate surface area is 354 Å². The summed E-state index contributed by atoms with van der Waals surface area (Å²) in [7, 11) is 0. The zero-order valence-corrected chi connectivity index (χ0v) is 35.5. The number of carboxylic acid groups (broad SMARTS) is 2. The van der Waals surface area contributed by atoms with Crippen molar-refractivity contribution in [1.82, 2.24) is 36.9 Å². The minimum atomic E-state index is -1.69. The molecule has 0 saturated heterocycles. The molecule has 0 radical (unpaired) electrons. The number of amides is 6. The van der Waals surface area contributed by atoms with E-state index in [0.29, 0.717) is 12.0 Å². The lowest BCUT2D eigenvalue weighted by molar-refractivity contribution is -0.143. The highest BCUT2D eigenvalue weighted by Gasteiger charge is 2.34. The van der Waals surface area contributed by atoms with E-state index in [0.717, 1.165) is 16.5 Å². The Kier molecular flexibility index (Phi) is 18.9. The topological polar surface area (TPSA) is 291 Å². The van der Waals surface area contributed by atoms with E-state index >= 15 is 0 Å². The number of benzene rings is 2. The van der Waals surface area contributed by atoms with Crippen molar-refractivity contribution >= 4 is 58.3 Å². The van der Waals surface area contributed by atoms with Crippen molar-refractivity contribution in [3.8, 4) is 0 Å². The van der Waals surface area contributed by atoms with E-state index < -0.39 is 103 Å². The molecule has 0 saturated carbocycles. The minimum absolute atomic E-state index is 0.0391. The van der Waals surface area contributed by atoms with Gasteiger partial charge in [-0.2, -0.15) is 0 Å². The molecule has 3 aromatic rings. The van der Waals surface area contributed by atoms with Crippen molar-refractivity contribution in [2.24, 2.45) is 23.5 Å². The maximum absolute atomic E-state index is 13.7. The highest BCUT2D eigenvalue weighted by atomic mass is 16.4. The van der Waals surface area contributed by atoms with Gasteiger partial charge in [0.15, 0.2) is 0 Å². The molecule has 0 fully saturated rings. The third kappa shape index (κ3) is 15.3. The molecule has 11 N–H and O–H groups in total. The van der Waals surface area contributed by atoms with Crippen molar-refractivity contribution in [1.29, 1.82) is 0 Å². The lowest BCUT2D eigenvalue weighted by atomic mass is 9.96. The monoisotopic (exact) mass is 848 g/mol. The first-order valence-corrected chi connectivity index (χ1v) is 20.4. The Hall–Kier alpha value is -6.30. The number of carboxylic acids is 2. The molecule has 332 valence electrons. The fourth-order valence-electron chi connectivity index (χ4n) is 6.58. The number of H-pyrrole nitrogens is 1. The van der Waals surface area contributed by atoms with Crippen molar-refractivity contribution in [2.75, 3.05) is 6.54 Å². The van der Waals surface area contributed by atoms with Crippen LogP contribution in [0.4, 0.5) is 0 Å². The van der Waals surface area contributed by atoms with Crippen LogP contribution in [0, 0.1) is 17.8 Å². The average Bonchev–Trinajstić information content (AvgIpc) is 3.61. The molecule has 61 heavy (non-hydrogen) atoms. The van der Waals surface area contributed by atoms with E-state index in [4.69, 9.17) is 5.73 Å². The fraction of sp³-hybridized carbons (Fsp3) is 0.488. The summed E-state index contributed by atoms with van der Waals surface area (Å²) in [5, 5.41) is 35.2. The van der Waals surface area contributed by atoms with Gasteiger partial charge in [0.2, 0.25) is 35.4 Å². The predicted octanol–water partition coefficient (Wildman–Crippen LogP) is 1.13. The summed E-state index contributed by atoms with van der Waals surface area (Å²) in [5.74, 6) is -8.56. The van der Waals surface area contributed by atoms with E-state index in [2.05, 4.69) is 36.9 Å². The molecule has 0 aliphatic rings. The minimum Gasteiger partial charge on any atom is -0.481 e. The number of fused-ring (bicyclic) bond motifs is 1. The van der Waals surface area contributed by atoms with E-state index in [1.54, 1.807) is 57.3 Å². The maximum Gasteiger partial charge on any atom is 0.326 e. The summed E-state index contributed by atoms with van der Waals surface area (Å²) in [6, 6.07) is 8.64. The average molecular weight is 849 g/mol. The van der Waals surface area contributed by atoms with Crippen LogP contribution in [0.15, 0.2) is 60.8 Å². The van der Waals surface area contributed by atoms with Gasteiger partial charge in [0, 0.05) is 23.5 Å². The van der Waals surface area contributed by atoms with Gasteiger partial charge in [-0.05, 0) is 47.8 Å². The van der Waals surface area contributed by atoms with Crippen molar-refractivity contribution in [2.45, 2.75) is 110 Å². The predicted molar refractivity (Wildman–Crippen MR) is 226 cm³/mol. The summed E-state index contributed by atoms with van der Waals surface area (Å²) in [4.78, 5) is 107. The molecule has 0 aliphatic carbocycles. The van der Waals surface area contributed by atoms with E-state index in [1.807, 2.05) is 45.0 Å². The van der Waals surface area contributed by atoms with Crippen LogP contribution >= 0.6 is 0 Å². The van der Waals surface area contributed by atoms with Crippen molar-refractivity contribution in [3.63, 3.8) is 0 Å². The van der Waals surface area contributed by atoms with Crippen LogP contribution in [0.3, 0.4) is 0 Å². The van der Waals surface area contributed by atoms with E-state index in [9.17, 15) is 48.6 Å². The first-order valence-electron chi connectivity index (χ1n) is 20.4. The standard InChI is InChI=1S/C43H60N8O10/c1-7-25(6)37(51-38(55)29(44)19-27-21-45-30-16-12-11-15-28(27)30)42(59)48-31(17-23(2)3)39(56)46-22-34(52)47-32(20-35(53)54)40(57)50-36(24(4)5)41(58)49-33(43(60)61)18-26-13-9-8-10-14-26/h8-16,21,23-25,29,31-33,36-37,45H,7,17-20,22,44H2,1-6H3,(H,46,56)(H,47,52)(H,48,59)(H,49,58)(H,50,57)(H,51,55)(H,53,54)(H,60,61). The number of nitrogens with one attached hydrogen (secondary N) is 7. The van der Waals surface area contributed by atoms with Gasteiger partial charge < -0.3 is 52.8 Å². The first-order chi connectivity index (χ1) is 28.8. The molecule has 1 heterocycles. The van der Waals surface area contributed by atoms with Gasteiger partial charge in [0.05, 0.1) is 19.0 Å². The summed E-state index contributed by atoms with van der Waals surface area (Å²) < 4.78 is 0. The number of carbonyl (C=O) groups is 8. The van der Waals surface area contributed by atoms with Gasteiger partial charge in [-0.25, -0.2) is 4.79 Å². The summed E-state index contributed by atoms with van der Waals surface area (Å²) in [6.07, 6.45) is 1.71. The summed E-state index contributed by atoms with van der Waals surface area (Å²) in [6.45, 7) is 9.72. The summed E-state index contributed by atoms with van der Waals surface area (Å²) in [5.41, 5.74) is 8.67. The number of hydrogen-bond acceptors (Lipinski definition) is 9. The van der Waals surface area contributed by atoms with Crippen LogP contribution in [-0.2, 0) is 51.2 Å². The number of carbonyl (C=O) groups excluding carboxylic acids is 6. The second kappa shape index (κ2) is 23.5. The first kappa shape index (κ1) is 49.1. The number of aliphatic carboxylic acids is 2.